The number of rotatable bonds is 5. The van der Waals surface area contributed by atoms with Gasteiger partial charge < -0.3 is 4.57 Å². The molecule has 0 spiro atoms. The Morgan fingerprint density at radius 3 is 1.65 bits per heavy atom. The number of thiophene rings is 1. The Labute approximate surface area is 269 Å². The highest BCUT2D eigenvalue weighted by Crippen LogP contribution is 2.43. The Bertz CT molecular complexity index is 2460. The van der Waals surface area contributed by atoms with Crippen LogP contribution in [-0.2, 0) is 0 Å². The minimum absolute atomic E-state index is 0.654. The van der Waals surface area contributed by atoms with Crippen LogP contribution in [0.5, 0.6) is 0 Å². The average molecular weight is 607 g/mol. The van der Waals surface area contributed by atoms with Gasteiger partial charge in [0.25, 0.3) is 0 Å². The molecule has 5 heteroatoms. The van der Waals surface area contributed by atoms with Crippen LogP contribution in [0.2, 0.25) is 0 Å². The summed E-state index contributed by atoms with van der Waals surface area (Å²) in [5.41, 5.74) is 8.82. The van der Waals surface area contributed by atoms with Gasteiger partial charge in [-0.15, -0.1) is 11.3 Å². The van der Waals surface area contributed by atoms with Crippen molar-refractivity contribution in [2.75, 3.05) is 0 Å². The summed E-state index contributed by atoms with van der Waals surface area (Å²) in [5, 5.41) is 2.54. The van der Waals surface area contributed by atoms with Gasteiger partial charge in [0.15, 0.2) is 17.5 Å². The average Bonchev–Trinajstić information content (AvgIpc) is 3.67. The summed E-state index contributed by atoms with van der Waals surface area (Å²) in [5.74, 6) is 1.97. The van der Waals surface area contributed by atoms with Gasteiger partial charge in [0, 0.05) is 37.9 Å². The predicted molar refractivity (Wildman–Crippen MR) is 191 cm³/mol. The van der Waals surface area contributed by atoms with Crippen LogP contribution in [-0.4, -0.2) is 19.5 Å². The Morgan fingerprint density at radius 2 is 0.957 bits per heavy atom. The molecule has 9 aromatic rings. The summed E-state index contributed by atoms with van der Waals surface area (Å²) in [4.78, 5) is 14.8. The first-order valence-electron chi connectivity index (χ1n) is 15.3. The van der Waals surface area contributed by atoms with Crippen LogP contribution in [0.15, 0.2) is 158 Å². The topological polar surface area (TPSA) is 43.6 Å². The highest BCUT2D eigenvalue weighted by Gasteiger charge is 2.18. The molecule has 46 heavy (non-hydrogen) atoms. The van der Waals surface area contributed by atoms with E-state index in [4.69, 9.17) is 15.0 Å². The minimum Gasteiger partial charge on any atom is -0.308 e. The molecule has 0 aliphatic rings. The molecule has 3 heterocycles. The lowest BCUT2D eigenvalue weighted by molar-refractivity contribution is 1.07. The Kier molecular flexibility index (Phi) is 6.28. The van der Waals surface area contributed by atoms with Crippen LogP contribution in [0.3, 0.4) is 0 Å². The lowest BCUT2D eigenvalue weighted by Gasteiger charge is -2.10. The van der Waals surface area contributed by atoms with Crippen LogP contribution in [0, 0.1) is 0 Å². The van der Waals surface area contributed by atoms with E-state index in [1.54, 1.807) is 0 Å². The molecule has 3 aromatic heterocycles. The molecule has 0 bridgehead atoms. The van der Waals surface area contributed by atoms with Crippen molar-refractivity contribution in [1.29, 1.82) is 0 Å². The molecule has 0 fully saturated rings. The van der Waals surface area contributed by atoms with E-state index >= 15 is 0 Å². The van der Waals surface area contributed by atoms with E-state index in [0.717, 1.165) is 27.8 Å². The van der Waals surface area contributed by atoms with Crippen molar-refractivity contribution < 1.29 is 0 Å². The van der Waals surface area contributed by atoms with Gasteiger partial charge in [0.2, 0.25) is 0 Å². The number of aromatic nitrogens is 4. The van der Waals surface area contributed by atoms with Gasteiger partial charge >= 0.3 is 0 Å². The van der Waals surface area contributed by atoms with Crippen LogP contribution < -0.4 is 0 Å². The van der Waals surface area contributed by atoms with E-state index < -0.39 is 0 Å². The molecule has 0 radical (unpaired) electrons. The molecule has 0 atom stereocenters. The maximum Gasteiger partial charge on any atom is 0.164 e. The lowest BCUT2D eigenvalue weighted by Crippen LogP contribution is -2.00. The smallest absolute Gasteiger partial charge is 0.164 e. The number of para-hydroxylation sites is 2. The quantitative estimate of drug-likeness (QED) is 0.196. The summed E-state index contributed by atoms with van der Waals surface area (Å²) in [6.45, 7) is 0. The molecule has 4 nitrogen and oxygen atoms in total. The predicted octanol–water partition coefficient (Wildman–Crippen LogP) is 10.9. The molecular weight excluding hydrogens is 581 g/mol. The molecule has 0 aliphatic carbocycles. The maximum atomic E-state index is 4.95. The molecule has 0 aliphatic heterocycles. The molecule has 0 unspecified atom stereocenters. The zero-order chi connectivity index (χ0) is 30.5. The summed E-state index contributed by atoms with van der Waals surface area (Å²) < 4.78 is 4.98. The Balaban J connectivity index is 1.18. The van der Waals surface area contributed by atoms with E-state index in [-0.39, 0.29) is 0 Å². The van der Waals surface area contributed by atoms with Gasteiger partial charge in [0.1, 0.15) is 0 Å². The summed E-state index contributed by atoms with van der Waals surface area (Å²) in [6.07, 6.45) is 0. The fourth-order valence-corrected chi connectivity index (χ4v) is 7.53. The Morgan fingerprint density at radius 1 is 0.413 bits per heavy atom. The fraction of sp³-hybridized carbons (Fsp3) is 0. The van der Waals surface area contributed by atoms with Crippen LogP contribution in [0.1, 0.15) is 0 Å². The lowest BCUT2D eigenvalue weighted by atomic mass is 10.0. The number of fused-ring (bicyclic) bond motifs is 5. The zero-order valence-corrected chi connectivity index (χ0v) is 25.5. The van der Waals surface area contributed by atoms with Crippen molar-refractivity contribution in [2.24, 2.45) is 0 Å². The summed E-state index contributed by atoms with van der Waals surface area (Å²) in [7, 11) is 0. The molecule has 216 valence electrons. The molecule has 6 aromatic carbocycles. The van der Waals surface area contributed by atoms with E-state index in [1.165, 1.54) is 36.9 Å². The monoisotopic (exact) mass is 606 g/mol. The van der Waals surface area contributed by atoms with Gasteiger partial charge in [0.05, 0.1) is 15.7 Å². The van der Waals surface area contributed by atoms with Crippen LogP contribution in [0.4, 0.5) is 0 Å². The third kappa shape index (κ3) is 4.48. The largest absolute Gasteiger partial charge is 0.308 e. The first-order chi connectivity index (χ1) is 22.8. The standard InChI is InChI=1S/C41H26N4S/c1-4-13-27(14-5-1)39-42-40(28-15-6-2-7-16-28)44-41(43-39)31-18-12-17-29(25-31)30-23-24-34-36(26-30)46-38-33-21-10-11-22-35(33)45(37(34)38)32-19-8-3-9-20-32/h1-26H. The first kappa shape index (κ1) is 26.5. The first-order valence-corrected chi connectivity index (χ1v) is 16.1. The van der Waals surface area contributed by atoms with Gasteiger partial charge in [-0.05, 0) is 41.5 Å². The molecule has 0 saturated heterocycles. The molecule has 0 saturated carbocycles. The van der Waals surface area contributed by atoms with Crippen molar-refractivity contribution in [2.45, 2.75) is 0 Å². The number of nitrogens with zero attached hydrogens (tertiary/aromatic N) is 4. The van der Waals surface area contributed by atoms with Gasteiger partial charge in [-0.1, -0.05) is 127 Å². The van der Waals surface area contributed by atoms with Crippen molar-refractivity contribution >= 4 is 42.5 Å². The van der Waals surface area contributed by atoms with E-state index in [2.05, 4.69) is 102 Å². The van der Waals surface area contributed by atoms with Crippen molar-refractivity contribution in [3.8, 4) is 51.0 Å². The van der Waals surface area contributed by atoms with E-state index in [1.807, 2.05) is 72.0 Å². The van der Waals surface area contributed by atoms with Gasteiger partial charge in [-0.2, -0.15) is 0 Å². The highest BCUT2D eigenvalue weighted by atomic mass is 32.1. The van der Waals surface area contributed by atoms with Gasteiger partial charge in [-0.3, -0.25) is 0 Å². The summed E-state index contributed by atoms with van der Waals surface area (Å²) >= 11 is 1.86. The normalized spacial score (nSPS) is 11.5. The SMILES string of the molecule is c1ccc(-c2nc(-c3ccccc3)nc(-c3cccc(-c4ccc5c(c4)sc4c6ccccc6n(-c6ccccc6)c54)c3)n2)cc1. The van der Waals surface area contributed by atoms with Crippen LogP contribution >= 0.6 is 11.3 Å². The Hall–Kier alpha value is -5.91. The number of benzene rings is 6. The fourth-order valence-electron chi connectivity index (χ4n) is 6.27. The second-order valence-electron chi connectivity index (χ2n) is 11.3. The van der Waals surface area contributed by atoms with Crippen molar-refractivity contribution in [3.05, 3.63) is 158 Å². The van der Waals surface area contributed by atoms with Crippen molar-refractivity contribution in [3.63, 3.8) is 0 Å². The molecule has 9 rings (SSSR count). The minimum atomic E-state index is 0.654. The second-order valence-corrected chi connectivity index (χ2v) is 12.4. The van der Waals surface area contributed by atoms with E-state index in [0.29, 0.717) is 17.5 Å². The van der Waals surface area contributed by atoms with Crippen LogP contribution in [0.25, 0.3) is 82.2 Å². The second kappa shape index (κ2) is 10.9. The molecule has 0 amide bonds. The maximum absolute atomic E-state index is 4.95. The van der Waals surface area contributed by atoms with Gasteiger partial charge in [-0.25, -0.2) is 15.0 Å². The third-order valence-electron chi connectivity index (χ3n) is 8.44. The third-order valence-corrected chi connectivity index (χ3v) is 9.62. The van der Waals surface area contributed by atoms with E-state index in [9.17, 15) is 0 Å². The number of hydrogen-bond acceptors (Lipinski definition) is 4. The summed E-state index contributed by atoms with van der Waals surface area (Å²) in [6, 6.07) is 54.9. The van der Waals surface area contributed by atoms with Crippen molar-refractivity contribution in [1.82, 2.24) is 19.5 Å². The molecule has 0 N–H and O–H groups in total. The molecular formula is C41H26N4S. The number of hydrogen-bond donors (Lipinski definition) is 0. The zero-order valence-electron chi connectivity index (χ0n) is 24.7. The highest BCUT2D eigenvalue weighted by molar-refractivity contribution is 7.26.